The molecule has 0 aromatic heterocycles. The number of aliphatic hydroxyl groups is 1. The average molecular weight is 249 g/mol. The highest BCUT2D eigenvalue weighted by Crippen LogP contribution is 2.29. The van der Waals surface area contributed by atoms with Gasteiger partial charge in [0.15, 0.2) is 0 Å². The Morgan fingerprint density at radius 3 is 2.22 bits per heavy atom. The zero-order valence-electron chi connectivity index (χ0n) is 11.3. The van der Waals surface area contributed by atoms with E-state index in [0.29, 0.717) is 13.2 Å². The van der Waals surface area contributed by atoms with Gasteiger partial charge in [-0.25, -0.2) is 0 Å². The van der Waals surface area contributed by atoms with Crippen LogP contribution in [0.15, 0.2) is 18.2 Å². The van der Waals surface area contributed by atoms with Crippen LogP contribution in [-0.4, -0.2) is 31.5 Å². The second-order valence-electron chi connectivity index (χ2n) is 5.16. The second-order valence-corrected chi connectivity index (χ2v) is 5.16. The van der Waals surface area contributed by atoms with Crippen LogP contribution in [0, 0.1) is 5.41 Å². The summed E-state index contributed by atoms with van der Waals surface area (Å²) < 4.78 is 5.23. The van der Waals surface area contributed by atoms with Crippen molar-refractivity contribution in [3.8, 4) is 0 Å². The van der Waals surface area contributed by atoms with Gasteiger partial charge >= 0.3 is 0 Å². The van der Waals surface area contributed by atoms with Crippen LogP contribution in [0.2, 0.25) is 0 Å². The molecular weight excluding hydrogens is 226 g/mol. The maximum atomic E-state index is 9.45. The second kappa shape index (κ2) is 5.72. The summed E-state index contributed by atoms with van der Waals surface area (Å²) >= 11 is 0. The molecule has 0 radical (unpaired) electrons. The molecule has 0 bridgehead atoms. The van der Waals surface area contributed by atoms with Gasteiger partial charge in [-0.2, -0.15) is 0 Å². The fraction of sp³-hybridized carbons (Fsp3) is 0.600. The molecule has 1 saturated heterocycles. The third-order valence-electron chi connectivity index (χ3n) is 3.79. The molecular formula is C15H23NO2. The molecule has 0 saturated carbocycles. The van der Waals surface area contributed by atoms with E-state index in [2.05, 4.69) is 37.4 Å². The van der Waals surface area contributed by atoms with E-state index < -0.39 is 0 Å². The summed E-state index contributed by atoms with van der Waals surface area (Å²) in [5.74, 6) is 0. The molecule has 100 valence electrons. The van der Waals surface area contributed by atoms with Crippen molar-refractivity contribution in [1.82, 2.24) is 0 Å². The van der Waals surface area contributed by atoms with Crippen LogP contribution in [0.4, 0.5) is 5.69 Å². The van der Waals surface area contributed by atoms with Crippen molar-refractivity contribution in [2.45, 2.75) is 26.7 Å². The molecule has 0 aliphatic carbocycles. The first-order chi connectivity index (χ1) is 8.74. The molecule has 2 N–H and O–H groups in total. The third-order valence-corrected chi connectivity index (χ3v) is 3.79. The molecule has 1 heterocycles. The van der Waals surface area contributed by atoms with Gasteiger partial charge in [0, 0.05) is 12.2 Å². The Morgan fingerprint density at radius 1 is 1.22 bits per heavy atom. The summed E-state index contributed by atoms with van der Waals surface area (Å²) in [4.78, 5) is 0. The van der Waals surface area contributed by atoms with E-state index in [1.54, 1.807) is 0 Å². The van der Waals surface area contributed by atoms with Gasteiger partial charge < -0.3 is 15.2 Å². The Morgan fingerprint density at radius 2 is 1.83 bits per heavy atom. The first-order valence-electron chi connectivity index (χ1n) is 6.78. The van der Waals surface area contributed by atoms with E-state index in [-0.39, 0.29) is 12.0 Å². The minimum Gasteiger partial charge on any atom is -0.396 e. The zero-order valence-corrected chi connectivity index (χ0v) is 11.3. The van der Waals surface area contributed by atoms with E-state index in [9.17, 15) is 5.11 Å². The van der Waals surface area contributed by atoms with Crippen molar-refractivity contribution < 1.29 is 9.84 Å². The topological polar surface area (TPSA) is 41.5 Å². The summed E-state index contributed by atoms with van der Waals surface area (Å²) in [6.07, 6.45) is 2.05. The van der Waals surface area contributed by atoms with Gasteiger partial charge in [-0.1, -0.05) is 32.0 Å². The van der Waals surface area contributed by atoms with Crippen LogP contribution in [0.25, 0.3) is 0 Å². The van der Waals surface area contributed by atoms with Crippen molar-refractivity contribution in [2.24, 2.45) is 5.41 Å². The van der Waals surface area contributed by atoms with E-state index in [4.69, 9.17) is 4.74 Å². The van der Waals surface area contributed by atoms with Crippen LogP contribution in [-0.2, 0) is 17.6 Å². The SMILES string of the molecule is CCc1cccc(CC)c1NCC1(CO)COC1. The molecule has 1 aromatic carbocycles. The van der Waals surface area contributed by atoms with E-state index >= 15 is 0 Å². The fourth-order valence-corrected chi connectivity index (χ4v) is 2.39. The van der Waals surface area contributed by atoms with Crippen LogP contribution >= 0.6 is 0 Å². The normalized spacial score (nSPS) is 17.3. The maximum Gasteiger partial charge on any atom is 0.0584 e. The Bertz CT molecular complexity index is 372. The molecule has 3 nitrogen and oxygen atoms in total. The van der Waals surface area contributed by atoms with Gasteiger partial charge in [0.05, 0.1) is 25.2 Å². The van der Waals surface area contributed by atoms with Gasteiger partial charge in [-0.15, -0.1) is 0 Å². The number of aliphatic hydroxyl groups excluding tert-OH is 1. The molecule has 2 rings (SSSR count). The molecule has 3 heteroatoms. The highest BCUT2D eigenvalue weighted by molar-refractivity contribution is 5.58. The number of aryl methyl sites for hydroxylation is 2. The largest absolute Gasteiger partial charge is 0.396 e. The predicted octanol–water partition coefficient (Wildman–Crippen LogP) is 2.23. The minimum absolute atomic E-state index is 0.0775. The highest BCUT2D eigenvalue weighted by Gasteiger charge is 2.38. The van der Waals surface area contributed by atoms with Gasteiger partial charge in [0.1, 0.15) is 0 Å². The first kappa shape index (κ1) is 13.4. The molecule has 0 spiro atoms. The maximum absolute atomic E-state index is 9.45. The van der Waals surface area contributed by atoms with Gasteiger partial charge in [-0.05, 0) is 24.0 Å². The van der Waals surface area contributed by atoms with Crippen molar-refractivity contribution in [1.29, 1.82) is 0 Å². The van der Waals surface area contributed by atoms with E-state index in [1.807, 2.05) is 0 Å². The Labute approximate surface area is 109 Å². The van der Waals surface area contributed by atoms with Crippen molar-refractivity contribution in [2.75, 3.05) is 31.7 Å². The van der Waals surface area contributed by atoms with Crippen molar-refractivity contribution in [3.63, 3.8) is 0 Å². The lowest BCUT2D eigenvalue weighted by atomic mass is 9.86. The molecule has 18 heavy (non-hydrogen) atoms. The van der Waals surface area contributed by atoms with Crippen LogP contribution < -0.4 is 5.32 Å². The Balaban J connectivity index is 2.12. The summed E-state index contributed by atoms with van der Waals surface area (Å²) in [7, 11) is 0. The highest BCUT2D eigenvalue weighted by atomic mass is 16.5. The molecule has 1 fully saturated rings. The lowest BCUT2D eigenvalue weighted by molar-refractivity contribution is -0.128. The quantitative estimate of drug-likeness (QED) is 0.812. The molecule has 0 amide bonds. The number of hydrogen-bond acceptors (Lipinski definition) is 3. The van der Waals surface area contributed by atoms with Gasteiger partial charge in [0.2, 0.25) is 0 Å². The minimum atomic E-state index is -0.0775. The lowest BCUT2D eigenvalue weighted by Gasteiger charge is -2.40. The zero-order chi connectivity index (χ0) is 13.0. The van der Waals surface area contributed by atoms with Crippen LogP contribution in [0.5, 0.6) is 0 Å². The van der Waals surface area contributed by atoms with Crippen LogP contribution in [0.3, 0.4) is 0 Å². The number of rotatable bonds is 6. The lowest BCUT2D eigenvalue weighted by Crippen LogP contribution is -2.50. The smallest absolute Gasteiger partial charge is 0.0584 e. The van der Waals surface area contributed by atoms with Crippen molar-refractivity contribution in [3.05, 3.63) is 29.3 Å². The summed E-state index contributed by atoms with van der Waals surface area (Å²) in [5, 5.41) is 13.0. The fourth-order valence-electron chi connectivity index (χ4n) is 2.39. The number of anilines is 1. The number of hydrogen-bond donors (Lipinski definition) is 2. The third kappa shape index (κ3) is 2.52. The monoisotopic (exact) mass is 249 g/mol. The number of para-hydroxylation sites is 1. The first-order valence-corrected chi connectivity index (χ1v) is 6.78. The standard InChI is InChI=1S/C15H23NO2/c1-3-12-6-5-7-13(4-2)14(12)16-8-15(9-17)10-18-11-15/h5-7,16-17H,3-4,8-11H2,1-2H3. The van der Waals surface area contributed by atoms with E-state index in [0.717, 1.165) is 19.4 Å². The average Bonchev–Trinajstić information content (AvgIpc) is 2.37. The predicted molar refractivity (Wildman–Crippen MR) is 74.0 cm³/mol. The molecule has 1 aromatic rings. The summed E-state index contributed by atoms with van der Waals surface area (Å²) in [6, 6.07) is 6.46. The molecule has 1 aliphatic rings. The molecule has 1 aliphatic heterocycles. The number of ether oxygens (including phenoxy) is 1. The Hall–Kier alpha value is -1.06. The summed E-state index contributed by atoms with van der Waals surface area (Å²) in [6.45, 7) is 6.64. The van der Waals surface area contributed by atoms with Gasteiger partial charge in [0.25, 0.3) is 0 Å². The number of nitrogens with one attached hydrogen (secondary N) is 1. The van der Waals surface area contributed by atoms with Gasteiger partial charge in [-0.3, -0.25) is 0 Å². The molecule has 0 unspecified atom stereocenters. The van der Waals surface area contributed by atoms with E-state index in [1.165, 1.54) is 16.8 Å². The van der Waals surface area contributed by atoms with Crippen LogP contribution in [0.1, 0.15) is 25.0 Å². The summed E-state index contributed by atoms with van der Waals surface area (Å²) in [5.41, 5.74) is 3.87. The van der Waals surface area contributed by atoms with Crippen molar-refractivity contribution >= 4 is 5.69 Å². The number of benzene rings is 1. The Kier molecular flexibility index (Phi) is 4.25. The molecule has 0 atom stereocenters.